The van der Waals surface area contributed by atoms with Crippen LogP contribution in [0.5, 0.6) is 0 Å². The molecule has 0 unspecified atom stereocenters. The van der Waals surface area contributed by atoms with Crippen molar-refractivity contribution in [2.24, 2.45) is 0 Å². The molecule has 0 heterocycles. The minimum Gasteiger partial charge on any atom is -0.351 e. The Labute approximate surface area is 131 Å². The van der Waals surface area contributed by atoms with E-state index in [2.05, 4.69) is 37.9 Å². The van der Waals surface area contributed by atoms with Crippen LogP contribution in [0.4, 0.5) is 5.69 Å². The number of nitro groups is 1. The molecule has 0 atom stereocenters. The van der Waals surface area contributed by atoms with E-state index in [1.54, 1.807) is 19.1 Å². The molecule has 122 valence electrons. The van der Waals surface area contributed by atoms with E-state index < -0.39 is 4.92 Å². The van der Waals surface area contributed by atoms with E-state index in [1.165, 1.54) is 6.07 Å². The van der Waals surface area contributed by atoms with Gasteiger partial charge in [-0.25, -0.2) is 0 Å². The number of hydrogen-bond donors (Lipinski definition) is 1. The normalized spacial score (nSPS) is 11.3. The topological polar surface area (TPSA) is 75.5 Å². The molecule has 6 heteroatoms. The van der Waals surface area contributed by atoms with Gasteiger partial charge in [-0.15, -0.1) is 0 Å². The van der Waals surface area contributed by atoms with E-state index in [4.69, 9.17) is 0 Å². The Morgan fingerprint density at radius 3 is 2.36 bits per heavy atom. The molecule has 0 saturated heterocycles. The molecule has 0 aliphatic heterocycles. The summed E-state index contributed by atoms with van der Waals surface area (Å²) in [5.74, 6) is -0.282. The zero-order chi connectivity index (χ0) is 16.9. The molecule has 0 aromatic heterocycles. The highest BCUT2D eigenvalue weighted by Gasteiger charge is 2.16. The molecule has 0 bridgehead atoms. The zero-order valence-electron chi connectivity index (χ0n) is 13.9. The third kappa shape index (κ3) is 4.80. The zero-order valence-corrected chi connectivity index (χ0v) is 13.9. The summed E-state index contributed by atoms with van der Waals surface area (Å²) in [5.41, 5.74) is 0.837. The van der Waals surface area contributed by atoms with Crippen LogP contribution in [-0.4, -0.2) is 40.9 Å². The number of hydrogen-bond acceptors (Lipinski definition) is 4. The number of aryl methyl sites for hydroxylation is 1. The van der Waals surface area contributed by atoms with Crippen molar-refractivity contribution in [3.63, 3.8) is 0 Å². The van der Waals surface area contributed by atoms with Crippen LogP contribution < -0.4 is 5.32 Å². The van der Waals surface area contributed by atoms with Gasteiger partial charge in [0.15, 0.2) is 0 Å². The molecule has 1 rings (SSSR count). The quantitative estimate of drug-likeness (QED) is 0.621. The van der Waals surface area contributed by atoms with Gasteiger partial charge >= 0.3 is 0 Å². The molecule has 1 aromatic carbocycles. The number of nitro benzene ring substituents is 1. The van der Waals surface area contributed by atoms with Gasteiger partial charge in [0.2, 0.25) is 0 Å². The highest BCUT2D eigenvalue weighted by atomic mass is 16.6. The van der Waals surface area contributed by atoms with Gasteiger partial charge in [-0.2, -0.15) is 0 Å². The molecule has 1 N–H and O–H groups in total. The molecule has 0 spiro atoms. The van der Waals surface area contributed by atoms with Gasteiger partial charge < -0.3 is 5.32 Å². The highest BCUT2D eigenvalue weighted by molar-refractivity contribution is 5.94. The smallest absolute Gasteiger partial charge is 0.273 e. The van der Waals surface area contributed by atoms with Gasteiger partial charge in [-0.05, 0) is 40.7 Å². The summed E-state index contributed by atoms with van der Waals surface area (Å²) in [6.45, 7) is 11.4. The lowest BCUT2D eigenvalue weighted by Crippen LogP contribution is -2.42. The minimum absolute atomic E-state index is 0.0290. The Morgan fingerprint density at radius 2 is 1.86 bits per heavy atom. The summed E-state index contributed by atoms with van der Waals surface area (Å²) < 4.78 is 0. The van der Waals surface area contributed by atoms with Crippen LogP contribution in [0.25, 0.3) is 0 Å². The summed E-state index contributed by atoms with van der Waals surface area (Å²) in [5, 5.41) is 13.7. The van der Waals surface area contributed by atoms with Crippen molar-refractivity contribution >= 4 is 11.6 Å². The SMILES string of the molecule is Cc1ccc(C(=O)NCCN(C(C)C)C(C)C)cc1[N+](=O)[O-]. The van der Waals surface area contributed by atoms with Gasteiger partial charge in [-0.3, -0.25) is 19.8 Å². The Kier molecular flexibility index (Phi) is 6.49. The average Bonchev–Trinajstić information content (AvgIpc) is 2.42. The first-order valence-electron chi connectivity index (χ1n) is 7.53. The van der Waals surface area contributed by atoms with E-state index in [0.29, 0.717) is 29.8 Å². The van der Waals surface area contributed by atoms with Crippen molar-refractivity contribution in [3.8, 4) is 0 Å². The number of rotatable bonds is 7. The summed E-state index contributed by atoms with van der Waals surface area (Å²) in [6, 6.07) is 5.34. The van der Waals surface area contributed by atoms with E-state index >= 15 is 0 Å². The standard InChI is InChI=1S/C16H25N3O3/c1-11(2)18(12(3)4)9-8-17-16(20)14-7-6-13(5)15(10-14)19(21)22/h6-7,10-12H,8-9H2,1-5H3,(H,17,20). The maximum atomic E-state index is 12.1. The van der Waals surface area contributed by atoms with Crippen molar-refractivity contribution in [1.82, 2.24) is 10.2 Å². The Morgan fingerprint density at radius 1 is 1.27 bits per heavy atom. The van der Waals surface area contributed by atoms with Crippen LogP contribution in [0.3, 0.4) is 0 Å². The van der Waals surface area contributed by atoms with Crippen LogP contribution in [0.1, 0.15) is 43.6 Å². The molecule has 6 nitrogen and oxygen atoms in total. The van der Waals surface area contributed by atoms with Crippen molar-refractivity contribution in [2.45, 2.75) is 46.7 Å². The fourth-order valence-electron chi connectivity index (χ4n) is 2.46. The summed E-state index contributed by atoms with van der Waals surface area (Å²) in [6.07, 6.45) is 0. The number of amides is 1. The monoisotopic (exact) mass is 307 g/mol. The van der Waals surface area contributed by atoms with E-state index in [1.807, 2.05) is 0 Å². The van der Waals surface area contributed by atoms with Crippen molar-refractivity contribution in [1.29, 1.82) is 0 Å². The summed E-state index contributed by atoms with van der Waals surface area (Å²) in [7, 11) is 0. The van der Waals surface area contributed by atoms with Crippen molar-refractivity contribution < 1.29 is 9.72 Å². The molecule has 0 saturated carbocycles. The number of carbonyl (C=O) groups excluding carboxylic acids is 1. The Bertz CT molecular complexity index is 533. The second-order valence-electron chi connectivity index (χ2n) is 5.94. The van der Waals surface area contributed by atoms with Gasteiger partial charge in [0.05, 0.1) is 4.92 Å². The number of nitrogens with zero attached hydrogens (tertiary/aromatic N) is 2. The number of nitrogens with one attached hydrogen (secondary N) is 1. The fraction of sp³-hybridized carbons (Fsp3) is 0.562. The van der Waals surface area contributed by atoms with Crippen molar-refractivity contribution in [2.75, 3.05) is 13.1 Å². The van der Waals surface area contributed by atoms with E-state index in [0.717, 1.165) is 6.54 Å². The van der Waals surface area contributed by atoms with Gasteiger partial charge in [0.1, 0.15) is 0 Å². The van der Waals surface area contributed by atoms with Crippen LogP contribution in [0, 0.1) is 17.0 Å². The van der Waals surface area contributed by atoms with Gasteiger partial charge in [0.25, 0.3) is 11.6 Å². The Balaban J connectivity index is 2.66. The maximum absolute atomic E-state index is 12.1. The number of benzene rings is 1. The third-order valence-electron chi connectivity index (χ3n) is 3.65. The second-order valence-corrected chi connectivity index (χ2v) is 5.94. The molecule has 0 radical (unpaired) electrons. The van der Waals surface area contributed by atoms with E-state index in [-0.39, 0.29) is 11.6 Å². The first kappa shape index (κ1) is 18.1. The molecular formula is C16H25N3O3. The summed E-state index contributed by atoms with van der Waals surface area (Å²) in [4.78, 5) is 24.8. The predicted molar refractivity (Wildman–Crippen MR) is 87.1 cm³/mol. The van der Waals surface area contributed by atoms with Crippen LogP contribution >= 0.6 is 0 Å². The van der Waals surface area contributed by atoms with Gasteiger partial charge in [-0.1, -0.05) is 6.07 Å². The first-order valence-corrected chi connectivity index (χ1v) is 7.53. The lowest BCUT2D eigenvalue weighted by molar-refractivity contribution is -0.385. The molecule has 1 amide bonds. The largest absolute Gasteiger partial charge is 0.351 e. The Hall–Kier alpha value is -1.95. The van der Waals surface area contributed by atoms with E-state index in [9.17, 15) is 14.9 Å². The van der Waals surface area contributed by atoms with Crippen LogP contribution in [-0.2, 0) is 0 Å². The molecular weight excluding hydrogens is 282 g/mol. The maximum Gasteiger partial charge on any atom is 0.273 e. The molecule has 0 fully saturated rings. The second kappa shape index (κ2) is 7.89. The molecule has 22 heavy (non-hydrogen) atoms. The number of carbonyl (C=O) groups is 1. The molecule has 1 aromatic rings. The third-order valence-corrected chi connectivity index (χ3v) is 3.65. The predicted octanol–water partition coefficient (Wildman–Crippen LogP) is 2.75. The van der Waals surface area contributed by atoms with Gasteiger partial charge in [0, 0.05) is 42.4 Å². The lowest BCUT2D eigenvalue weighted by Gasteiger charge is -2.30. The van der Waals surface area contributed by atoms with Crippen LogP contribution in [0.15, 0.2) is 18.2 Å². The summed E-state index contributed by atoms with van der Waals surface area (Å²) >= 11 is 0. The molecule has 0 aliphatic carbocycles. The average molecular weight is 307 g/mol. The lowest BCUT2D eigenvalue weighted by atomic mass is 10.1. The highest BCUT2D eigenvalue weighted by Crippen LogP contribution is 2.19. The van der Waals surface area contributed by atoms with Crippen LogP contribution in [0.2, 0.25) is 0 Å². The van der Waals surface area contributed by atoms with Crippen molar-refractivity contribution in [3.05, 3.63) is 39.4 Å². The minimum atomic E-state index is -0.467. The first-order chi connectivity index (χ1) is 10.2. The fourth-order valence-corrected chi connectivity index (χ4v) is 2.46. The molecule has 0 aliphatic rings.